The number of rotatable bonds is 8. The zero-order valence-electron chi connectivity index (χ0n) is 12.2. The lowest BCUT2D eigenvalue weighted by molar-refractivity contribution is -0.393. The minimum atomic E-state index is -0.646. The molecule has 2 rings (SSSR count). The van der Waals surface area contributed by atoms with Crippen LogP contribution in [0.25, 0.3) is 0 Å². The summed E-state index contributed by atoms with van der Waals surface area (Å²) in [4.78, 5) is 21.6. The predicted octanol–water partition coefficient (Wildman–Crippen LogP) is 4.10. The van der Waals surface area contributed by atoms with Crippen molar-refractivity contribution in [2.75, 3.05) is 17.6 Å². The van der Waals surface area contributed by atoms with E-state index in [0.29, 0.717) is 12.2 Å². The Hall–Kier alpha value is -2.61. The van der Waals surface area contributed by atoms with Crippen molar-refractivity contribution >= 4 is 28.8 Å². The van der Waals surface area contributed by atoms with Crippen molar-refractivity contribution < 1.29 is 9.85 Å². The van der Waals surface area contributed by atoms with E-state index in [1.165, 1.54) is 17.0 Å². The van der Waals surface area contributed by atoms with Gasteiger partial charge in [-0.2, -0.15) is 0 Å². The number of benzene rings is 2. The van der Waals surface area contributed by atoms with Crippen LogP contribution in [-0.4, -0.2) is 22.1 Å². The van der Waals surface area contributed by atoms with Gasteiger partial charge >= 0.3 is 0 Å². The molecule has 0 bridgehead atoms. The molecule has 7 nitrogen and oxygen atoms in total. The average molecular weight is 333 g/mol. The molecule has 0 unspecified atom stereocenters. The van der Waals surface area contributed by atoms with E-state index in [4.69, 9.17) is 0 Å². The maximum absolute atomic E-state index is 11.0. The molecule has 2 aromatic carbocycles. The minimum Gasteiger partial charge on any atom is -0.379 e. The molecule has 120 valence electrons. The summed E-state index contributed by atoms with van der Waals surface area (Å²) >= 11 is 1.71. The highest BCUT2D eigenvalue weighted by atomic mass is 32.2. The number of non-ortho nitro benzene ring substituents is 1. The molecular formula is C15H15N3O4S. The molecule has 0 aliphatic heterocycles. The predicted molar refractivity (Wildman–Crippen MR) is 90.0 cm³/mol. The molecule has 0 aliphatic carbocycles. The molecule has 8 heteroatoms. The van der Waals surface area contributed by atoms with Gasteiger partial charge in [0.25, 0.3) is 11.4 Å². The fraction of sp³-hybridized carbons (Fsp3) is 0.200. The van der Waals surface area contributed by atoms with Gasteiger partial charge in [-0.25, -0.2) is 0 Å². The van der Waals surface area contributed by atoms with Gasteiger partial charge in [-0.3, -0.25) is 20.2 Å². The second-order valence-corrected chi connectivity index (χ2v) is 5.83. The molecule has 1 N–H and O–H groups in total. The number of hydrogen-bond donors (Lipinski definition) is 1. The normalized spacial score (nSPS) is 10.3. The number of nitro groups is 2. The summed E-state index contributed by atoms with van der Waals surface area (Å²) < 4.78 is 0. The van der Waals surface area contributed by atoms with Crippen LogP contribution < -0.4 is 5.32 Å². The summed E-state index contributed by atoms with van der Waals surface area (Å²) in [6.07, 6.45) is 0.813. The largest absolute Gasteiger partial charge is 0.379 e. The Morgan fingerprint density at radius 1 is 1.00 bits per heavy atom. The SMILES string of the molecule is O=[N+]([O-])c1ccc(NCCCSc2ccccc2)c([N+](=O)[O-])c1. The first-order chi connectivity index (χ1) is 11.1. The fourth-order valence-corrected chi connectivity index (χ4v) is 2.81. The molecular weight excluding hydrogens is 318 g/mol. The molecule has 23 heavy (non-hydrogen) atoms. The van der Waals surface area contributed by atoms with Gasteiger partial charge in [0, 0.05) is 17.5 Å². The lowest BCUT2D eigenvalue weighted by atomic mass is 10.2. The second-order valence-electron chi connectivity index (χ2n) is 4.66. The van der Waals surface area contributed by atoms with Crippen LogP contribution in [0.4, 0.5) is 17.1 Å². The molecule has 0 fully saturated rings. The molecule has 0 spiro atoms. The van der Waals surface area contributed by atoms with E-state index < -0.39 is 9.85 Å². The highest BCUT2D eigenvalue weighted by molar-refractivity contribution is 7.99. The lowest BCUT2D eigenvalue weighted by Gasteiger charge is -2.07. The summed E-state index contributed by atoms with van der Waals surface area (Å²) in [7, 11) is 0. The monoisotopic (exact) mass is 333 g/mol. The molecule has 0 aromatic heterocycles. The number of anilines is 1. The Balaban J connectivity index is 1.87. The van der Waals surface area contributed by atoms with Crippen molar-refractivity contribution in [2.45, 2.75) is 11.3 Å². The Morgan fingerprint density at radius 2 is 1.74 bits per heavy atom. The van der Waals surface area contributed by atoms with Crippen LogP contribution in [0.15, 0.2) is 53.4 Å². The Bertz CT molecular complexity index is 694. The molecule has 0 heterocycles. The summed E-state index contributed by atoms with van der Waals surface area (Å²) in [6, 6.07) is 13.6. The minimum absolute atomic E-state index is 0.282. The Labute approximate surface area is 137 Å². The van der Waals surface area contributed by atoms with Crippen LogP contribution in [0.5, 0.6) is 0 Å². The molecule has 2 aromatic rings. The maximum atomic E-state index is 11.0. The molecule has 0 radical (unpaired) electrons. The van der Waals surface area contributed by atoms with Crippen LogP contribution in [0, 0.1) is 20.2 Å². The molecule has 0 saturated heterocycles. The third-order valence-electron chi connectivity index (χ3n) is 3.04. The molecule has 0 aliphatic rings. The highest BCUT2D eigenvalue weighted by Crippen LogP contribution is 2.29. The van der Waals surface area contributed by atoms with Gasteiger partial charge in [0.05, 0.1) is 15.9 Å². The standard InChI is InChI=1S/C15H15N3O4S/c19-17(20)12-7-8-14(15(11-12)18(21)22)16-9-4-10-23-13-5-2-1-3-6-13/h1-3,5-8,11,16H,4,9-10H2. The van der Waals surface area contributed by atoms with Gasteiger partial charge in [-0.15, -0.1) is 11.8 Å². The first-order valence-corrected chi connectivity index (χ1v) is 7.91. The smallest absolute Gasteiger partial charge is 0.299 e. The van der Waals surface area contributed by atoms with Gasteiger partial charge < -0.3 is 5.32 Å². The van der Waals surface area contributed by atoms with E-state index >= 15 is 0 Å². The topological polar surface area (TPSA) is 98.3 Å². The number of nitrogens with one attached hydrogen (secondary N) is 1. The first-order valence-electron chi connectivity index (χ1n) is 6.92. The number of thioether (sulfide) groups is 1. The van der Waals surface area contributed by atoms with E-state index in [9.17, 15) is 20.2 Å². The first kappa shape index (κ1) is 16.8. The Morgan fingerprint density at radius 3 is 2.39 bits per heavy atom. The van der Waals surface area contributed by atoms with E-state index in [2.05, 4.69) is 5.32 Å². The quantitative estimate of drug-likeness (QED) is 0.338. The molecule has 0 atom stereocenters. The Kier molecular flexibility index (Phi) is 5.93. The van der Waals surface area contributed by atoms with Crippen LogP contribution in [0.3, 0.4) is 0 Å². The number of hydrogen-bond acceptors (Lipinski definition) is 6. The van der Waals surface area contributed by atoms with Gasteiger partial charge in [0.2, 0.25) is 0 Å². The van der Waals surface area contributed by atoms with Crippen LogP contribution >= 0.6 is 11.8 Å². The third-order valence-corrected chi connectivity index (χ3v) is 4.14. The van der Waals surface area contributed by atoms with Crippen LogP contribution in [-0.2, 0) is 0 Å². The zero-order valence-corrected chi connectivity index (χ0v) is 13.0. The van der Waals surface area contributed by atoms with Gasteiger partial charge in [0.1, 0.15) is 5.69 Å². The van der Waals surface area contributed by atoms with Crippen molar-refractivity contribution in [2.24, 2.45) is 0 Å². The molecule has 0 amide bonds. The van der Waals surface area contributed by atoms with Crippen molar-refractivity contribution in [3.63, 3.8) is 0 Å². The summed E-state index contributed by atoms with van der Waals surface area (Å²) in [5, 5.41) is 24.7. The van der Waals surface area contributed by atoms with Crippen molar-refractivity contribution in [3.05, 3.63) is 68.8 Å². The van der Waals surface area contributed by atoms with Gasteiger partial charge in [-0.05, 0) is 30.4 Å². The van der Waals surface area contributed by atoms with E-state index in [1.807, 2.05) is 30.3 Å². The lowest BCUT2D eigenvalue weighted by Crippen LogP contribution is -2.05. The second kappa shape index (κ2) is 8.14. The molecule has 0 saturated carbocycles. The number of nitrogens with zero attached hydrogens (tertiary/aromatic N) is 2. The summed E-state index contributed by atoms with van der Waals surface area (Å²) in [6.45, 7) is 0.554. The zero-order chi connectivity index (χ0) is 16.7. The van der Waals surface area contributed by atoms with Crippen molar-refractivity contribution in [3.8, 4) is 0 Å². The van der Waals surface area contributed by atoms with Crippen molar-refractivity contribution in [1.29, 1.82) is 0 Å². The number of nitro benzene ring substituents is 2. The van der Waals surface area contributed by atoms with Crippen LogP contribution in [0.1, 0.15) is 6.42 Å². The average Bonchev–Trinajstić information content (AvgIpc) is 2.55. The highest BCUT2D eigenvalue weighted by Gasteiger charge is 2.18. The summed E-state index contributed by atoms with van der Waals surface area (Å²) in [5.41, 5.74) is -0.276. The third kappa shape index (κ3) is 4.96. The maximum Gasteiger partial charge on any atom is 0.299 e. The van der Waals surface area contributed by atoms with Gasteiger partial charge in [-0.1, -0.05) is 18.2 Å². The van der Waals surface area contributed by atoms with Gasteiger partial charge in [0.15, 0.2) is 0 Å². The fourth-order valence-electron chi connectivity index (χ4n) is 1.94. The van der Waals surface area contributed by atoms with E-state index in [-0.39, 0.29) is 11.4 Å². The van der Waals surface area contributed by atoms with E-state index in [1.54, 1.807) is 11.8 Å². The van der Waals surface area contributed by atoms with Crippen molar-refractivity contribution in [1.82, 2.24) is 0 Å². The summed E-state index contributed by atoms with van der Waals surface area (Å²) in [5.74, 6) is 0.873. The van der Waals surface area contributed by atoms with Crippen LogP contribution in [0.2, 0.25) is 0 Å². The van der Waals surface area contributed by atoms with E-state index in [0.717, 1.165) is 18.2 Å².